The minimum atomic E-state index is -1.09. The number of carbonyl (C=O) groups is 4. The van der Waals surface area contributed by atoms with Gasteiger partial charge in [0.25, 0.3) is 0 Å². The van der Waals surface area contributed by atoms with Crippen molar-refractivity contribution in [1.29, 1.82) is 0 Å². The standard InChI is InChI=1S/C36H28Cl2N2O5/c1-19-2-13-28-26(16-19)27(36(44)45-30(14-15-37)33(41)21-5-9-24(38)10-6-21)18-29(39-28)20-7-11-25(12-8-20)40-34(42)31-22-3-4-23(17-22)32(31)35(40)43/h2-13,16,18,22-23,30-32H,14-15,17H2,1H3. The first kappa shape index (κ1) is 29.4. The number of aryl methyl sites for hydroxylation is 1. The van der Waals surface area contributed by atoms with Crippen molar-refractivity contribution < 1.29 is 23.9 Å². The van der Waals surface area contributed by atoms with E-state index in [2.05, 4.69) is 12.2 Å². The molecule has 5 atom stereocenters. The predicted molar refractivity (Wildman–Crippen MR) is 172 cm³/mol. The van der Waals surface area contributed by atoms with Crippen LogP contribution in [-0.4, -0.2) is 40.5 Å². The summed E-state index contributed by atoms with van der Waals surface area (Å²) in [6.45, 7) is 1.91. The van der Waals surface area contributed by atoms with Gasteiger partial charge in [0.15, 0.2) is 6.10 Å². The van der Waals surface area contributed by atoms with Gasteiger partial charge in [-0.3, -0.25) is 19.3 Å². The van der Waals surface area contributed by atoms with Gasteiger partial charge in [0.05, 0.1) is 34.3 Å². The molecule has 2 bridgehead atoms. The number of amides is 2. The lowest BCUT2D eigenvalue weighted by molar-refractivity contribution is -0.123. The van der Waals surface area contributed by atoms with Crippen molar-refractivity contribution in [2.75, 3.05) is 10.8 Å². The minimum absolute atomic E-state index is 0.117. The number of anilines is 1. The van der Waals surface area contributed by atoms with E-state index in [1.165, 1.54) is 4.90 Å². The highest BCUT2D eigenvalue weighted by molar-refractivity contribution is 6.30. The Kier molecular flexibility index (Phi) is 7.54. The number of allylic oxidation sites excluding steroid dienone is 2. The lowest BCUT2D eigenvalue weighted by atomic mass is 9.85. The van der Waals surface area contributed by atoms with E-state index < -0.39 is 12.1 Å². The fourth-order valence-corrected chi connectivity index (χ4v) is 7.25. The number of ether oxygens (including phenoxy) is 1. The van der Waals surface area contributed by atoms with E-state index in [1.54, 1.807) is 54.6 Å². The first-order valence-electron chi connectivity index (χ1n) is 14.9. The number of halogens is 2. The number of imide groups is 1. The van der Waals surface area contributed by atoms with Crippen LogP contribution in [0.25, 0.3) is 22.2 Å². The zero-order chi connectivity index (χ0) is 31.4. The molecular weight excluding hydrogens is 611 g/mol. The highest BCUT2D eigenvalue weighted by Crippen LogP contribution is 2.53. The number of aromatic nitrogens is 1. The molecule has 2 aliphatic carbocycles. The third kappa shape index (κ3) is 5.14. The number of hydrogen-bond donors (Lipinski definition) is 0. The number of benzene rings is 3. The maximum atomic E-state index is 13.7. The number of alkyl halides is 1. The Hall–Kier alpha value is -4.33. The molecule has 45 heavy (non-hydrogen) atoms. The van der Waals surface area contributed by atoms with Gasteiger partial charge in [-0.05, 0) is 79.8 Å². The molecule has 1 aromatic heterocycles. The normalized spacial score (nSPS) is 22.2. The van der Waals surface area contributed by atoms with Gasteiger partial charge < -0.3 is 4.74 Å². The number of esters is 1. The van der Waals surface area contributed by atoms with Crippen LogP contribution in [0.2, 0.25) is 5.02 Å². The largest absolute Gasteiger partial charge is 0.450 e. The van der Waals surface area contributed by atoms with Crippen LogP contribution < -0.4 is 4.90 Å². The molecule has 3 aromatic carbocycles. The van der Waals surface area contributed by atoms with Gasteiger partial charge in [0, 0.05) is 33.8 Å². The van der Waals surface area contributed by atoms with Gasteiger partial charge in [0.2, 0.25) is 17.6 Å². The van der Waals surface area contributed by atoms with Crippen LogP contribution in [0, 0.1) is 30.6 Å². The second kappa shape index (κ2) is 11.5. The zero-order valence-corrected chi connectivity index (χ0v) is 25.8. The van der Waals surface area contributed by atoms with Gasteiger partial charge in [-0.25, -0.2) is 9.78 Å². The molecule has 2 fully saturated rings. The Morgan fingerprint density at radius 2 is 1.60 bits per heavy atom. The zero-order valence-electron chi connectivity index (χ0n) is 24.3. The summed E-state index contributed by atoms with van der Waals surface area (Å²) in [6, 6.07) is 20.7. The van der Waals surface area contributed by atoms with Crippen LogP contribution in [0.4, 0.5) is 5.69 Å². The summed E-state index contributed by atoms with van der Waals surface area (Å²) < 4.78 is 5.81. The second-order valence-corrected chi connectivity index (χ2v) is 12.7. The molecule has 2 amide bonds. The van der Waals surface area contributed by atoms with Crippen molar-refractivity contribution in [3.05, 3.63) is 107 Å². The summed E-state index contributed by atoms with van der Waals surface area (Å²) in [5, 5.41) is 1.08. The summed E-state index contributed by atoms with van der Waals surface area (Å²) in [5.74, 6) is -1.49. The highest BCUT2D eigenvalue weighted by atomic mass is 35.5. The quantitative estimate of drug-likeness (QED) is 0.0665. The molecule has 0 spiro atoms. The number of Topliss-reactive ketones (excluding diaryl/α,β-unsaturated/α-hetero) is 1. The summed E-state index contributed by atoms with van der Waals surface area (Å²) >= 11 is 12.0. The summed E-state index contributed by atoms with van der Waals surface area (Å²) in [4.78, 5) is 59.7. The monoisotopic (exact) mass is 638 g/mol. The molecular formula is C36H28Cl2N2O5. The third-order valence-corrected chi connectivity index (χ3v) is 9.59. The van der Waals surface area contributed by atoms with Crippen molar-refractivity contribution in [1.82, 2.24) is 4.98 Å². The Balaban J connectivity index is 1.19. The smallest absolute Gasteiger partial charge is 0.339 e. The lowest BCUT2D eigenvalue weighted by Crippen LogP contribution is -2.32. The second-order valence-electron chi connectivity index (χ2n) is 11.9. The van der Waals surface area contributed by atoms with Gasteiger partial charge in [0.1, 0.15) is 0 Å². The van der Waals surface area contributed by atoms with E-state index in [1.807, 2.05) is 25.1 Å². The first-order valence-corrected chi connectivity index (χ1v) is 15.8. The van der Waals surface area contributed by atoms with E-state index in [0.29, 0.717) is 38.4 Å². The van der Waals surface area contributed by atoms with E-state index in [9.17, 15) is 19.2 Å². The van der Waals surface area contributed by atoms with E-state index in [-0.39, 0.29) is 59.1 Å². The minimum Gasteiger partial charge on any atom is -0.450 e. The van der Waals surface area contributed by atoms with Crippen LogP contribution in [0.3, 0.4) is 0 Å². The van der Waals surface area contributed by atoms with Gasteiger partial charge in [-0.15, -0.1) is 11.6 Å². The van der Waals surface area contributed by atoms with E-state index in [0.717, 1.165) is 12.0 Å². The van der Waals surface area contributed by atoms with Crippen LogP contribution in [0.15, 0.2) is 84.9 Å². The number of hydrogen-bond acceptors (Lipinski definition) is 6. The number of nitrogens with zero attached hydrogens (tertiary/aromatic N) is 2. The number of fused-ring (bicyclic) bond motifs is 6. The number of rotatable bonds is 8. The van der Waals surface area contributed by atoms with Crippen LogP contribution >= 0.6 is 23.2 Å². The third-order valence-electron chi connectivity index (χ3n) is 9.12. The van der Waals surface area contributed by atoms with Crippen LogP contribution in [0.1, 0.15) is 39.1 Å². The summed E-state index contributed by atoms with van der Waals surface area (Å²) in [5.41, 5.74) is 3.83. The molecule has 9 heteroatoms. The van der Waals surface area contributed by atoms with Crippen molar-refractivity contribution >= 4 is 63.4 Å². The molecule has 2 heterocycles. The van der Waals surface area contributed by atoms with Gasteiger partial charge in [-0.1, -0.05) is 47.5 Å². The van der Waals surface area contributed by atoms with Crippen molar-refractivity contribution in [3.8, 4) is 11.3 Å². The van der Waals surface area contributed by atoms with Crippen molar-refractivity contribution in [2.45, 2.75) is 25.9 Å². The van der Waals surface area contributed by atoms with Crippen LogP contribution in [0.5, 0.6) is 0 Å². The lowest BCUT2D eigenvalue weighted by Gasteiger charge is -2.18. The van der Waals surface area contributed by atoms with E-state index in [4.69, 9.17) is 32.9 Å². The average Bonchev–Trinajstić information content (AvgIpc) is 3.73. The fourth-order valence-electron chi connectivity index (χ4n) is 6.93. The number of ketones is 1. The van der Waals surface area contributed by atoms with Gasteiger partial charge in [-0.2, -0.15) is 0 Å². The molecule has 5 unspecified atom stereocenters. The van der Waals surface area contributed by atoms with Crippen molar-refractivity contribution in [2.24, 2.45) is 23.7 Å². The average molecular weight is 640 g/mol. The number of pyridine rings is 1. The molecule has 0 N–H and O–H groups in total. The number of carbonyl (C=O) groups excluding carboxylic acids is 4. The Morgan fingerprint density at radius 1 is 0.933 bits per heavy atom. The molecule has 1 aliphatic heterocycles. The SMILES string of the molecule is Cc1ccc2nc(-c3ccc(N4C(=O)C5C6C=CC(C6)C5C4=O)cc3)cc(C(=O)OC(CCCl)C(=O)c3ccc(Cl)cc3)c2c1. The highest BCUT2D eigenvalue weighted by Gasteiger charge is 2.59. The fraction of sp³-hybridized carbons (Fsp3) is 0.250. The first-order chi connectivity index (χ1) is 21.7. The molecule has 1 saturated carbocycles. The molecule has 226 valence electrons. The maximum absolute atomic E-state index is 13.7. The van der Waals surface area contributed by atoms with E-state index >= 15 is 0 Å². The molecule has 3 aliphatic rings. The Labute approximate surface area is 269 Å². The molecule has 7 nitrogen and oxygen atoms in total. The molecule has 7 rings (SSSR count). The van der Waals surface area contributed by atoms with Crippen molar-refractivity contribution in [3.63, 3.8) is 0 Å². The predicted octanol–water partition coefficient (Wildman–Crippen LogP) is 7.21. The van der Waals surface area contributed by atoms with Gasteiger partial charge >= 0.3 is 5.97 Å². The summed E-state index contributed by atoms with van der Waals surface area (Å²) in [6.07, 6.45) is 4.07. The maximum Gasteiger partial charge on any atom is 0.339 e. The topological polar surface area (TPSA) is 93.6 Å². The molecule has 1 saturated heterocycles. The molecule has 4 aromatic rings. The molecule has 0 radical (unpaired) electrons. The Bertz CT molecular complexity index is 1870. The summed E-state index contributed by atoms with van der Waals surface area (Å²) in [7, 11) is 0. The Morgan fingerprint density at radius 3 is 2.24 bits per heavy atom. The van der Waals surface area contributed by atoms with Crippen LogP contribution in [-0.2, 0) is 14.3 Å².